The van der Waals surface area contributed by atoms with E-state index in [-0.39, 0.29) is 12.4 Å². The van der Waals surface area contributed by atoms with Gasteiger partial charge in [0.05, 0.1) is 14.2 Å². The topological polar surface area (TPSA) is 71.0 Å². The van der Waals surface area contributed by atoms with E-state index in [1.165, 1.54) is 27.1 Å². The quantitative estimate of drug-likeness (QED) is 0.676. The third kappa shape index (κ3) is 3.35. The van der Waals surface area contributed by atoms with Gasteiger partial charge in [-0.25, -0.2) is 0 Å². The smallest absolute Gasteiger partial charge is 0.200 e. The molecule has 3 N–H and O–H groups in total. The van der Waals surface area contributed by atoms with Gasteiger partial charge in [0, 0.05) is 19.7 Å². The third-order valence-electron chi connectivity index (χ3n) is 3.97. The first-order valence-corrected chi connectivity index (χ1v) is 6.89. The van der Waals surface area contributed by atoms with Gasteiger partial charge < -0.3 is 25.0 Å². The van der Waals surface area contributed by atoms with Gasteiger partial charge in [-0.15, -0.1) is 0 Å². The number of aromatic hydroxyl groups is 1. The first-order valence-electron chi connectivity index (χ1n) is 6.89. The van der Waals surface area contributed by atoms with Crippen LogP contribution in [0.15, 0.2) is 12.1 Å². The summed E-state index contributed by atoms with van der Waals surface area (Å²) >= 11 is 0. The summed E-state index contributed by atoms with van der Waals surface area (Å²) in [5.74, 6) is 0.855. The molecule has 0 heterocycles. The maximum absolute atomic E-state index is 9.85. The molecule has 1 aliphatic carbocycles. The summed E-state index contributed by atoms with van der Waals surface area (Å²) in [7, 11) is 3.04. The second-order valence-electron chi connectivity index (χ2n) is 5.43. The van der Waals surface area contributed by atoms with Crippen LogP contribution < -0.4 is 14.8 Å². The van der Waals surface area contributed by atoms with Gasteiger partial charge in [0.15, 0.2) is 11.5 Å². The van der Waals surface area contributed by atoms with Gasteiger partial charge in [-0.2, -0.15) is 0 Å². The van der Waals surface area contributed by atoms with Crippen molar-refractivity contribution in [1.82, 2.24) is 5.32 Å². The van der Waals surface area contributed by atoms with E-state index in [4.69, 9.17) is 14.6 Å². The Morgan fingerprint density at radius 3 is 2.25 bits per heavy atom. The molecule has 5 heteroatoms. The number of nitrogens with one attached hydrogen (secondary N) is 1. The first-order chi connectivity index (χ1) is 9.64. The van der Waals surface area contributed by atoms with Crippen molar-refractivity contribution in [2.24, 2.45) is 5.41 Å². The second-order valence-corrected chi connectivity index (χ2v) is 5.43. The fraction of sp³-hybridized carbons (Fsp3) is 0.600. The standard InChI is InChI=1S/C15H23NO4/c1-19-12-7-11(8-13(20-2)14(12)18)9-16-10-15(3-4-15)5-6-17/h7-8,16-18H,3-6,9-10H2,1-2H3. The van der Waals surface area contributed by atoms with Crippen LogP contribution >= 0.6 is 0 Å². The number of ether oxygens (including phenoxy) is 2. The van der Waals surface area contributed by atoms with Crippen molar-refractivity contribution in [3.63, 3.8) is 0 Å². The highest BCUT2D eigenvalue weighted by Gasteiger charge is 2.41. The molecule has 1 aromatic carbocycles. The molecule has 112 valence electrons. The summed E-state index contributed by atoms with van der Waals surface area (Å²) in [5, 5.41) is 22.3. The predicted molar refractivity (Wildman–Crippen MR) is 76.3 cm³/mol. The molecular weight excluding hydrogens is 258 g/mol. The molecule has 1 saturated carbocycles. The molecule has 5 nitrogen and oxygen atoms in total. The van der Waals surface area contributed by atoms with Gasteiger partial charge in [-0.3, -0.25) is 0 Å². The Morgan fingerprint density at radius 1 is 1.20 bits per heavy atom. The summed E-state index contributed by atoms with van der Waals surface area (Å²) in [6, 6.07) is 3.60. The Hall–Kier alpha value is -1.46. The Balaban J connectivity index is 1.96. The predicted octanol–water partition coefficient (Wildman–Crippen LogP) is 1.66. The molecule has 0 unspecified atom stereocenters. The van der Waals surface area contributed by atoms with Crippen LogP contribution in [0.3, 0.4) is 0 Å². The number of benzene rings is 1. The van der Waals surface area contributed by atoms with Crippen LogP contribution in [-0.2, 0) is 6.54 Å². The fourth-order valence-corrected chi connectivity index (χ4v) is 2.45. The molecule has 2 rings (SSSR count). The van der Waals surface area contributed by atoms with Crippen molar-refractivity contribution in [2.45, 2.75) is 25.8 Å². The van der Waals surface area contributed by atoms with Crippen molar-refractivity contribution in [3.8, 4) is 17.2 Å². The van der Waals surface area contributed by atoms with E-state index in [0.29, 0.717) is 23.5 Å². The Kier molecular flexibility index (Phi) is 4.73. The van der Waals surface area contributed by atoms with Crippen molar-refractivity contribution >= 4 is 0 Å². The number of methoxy groups -OCH3 is 2. The van der Waals surface area contributed by atoms with Crippen LogP contribution in [0.1, 0.15) is 24.8 Å². The minimum absolute atomic E-state index is 0.0256. The van der Waals surface area contributed by atoms with Gasteiger partial charge in [-0.1, -0.05) is 0 Å². The maximum atomic E-state index is 9.85. The first kappa shape index (κ1) is 14.9. The molecule has 20 heavy (non-hydrogen) atoms. The number of phenols is 1. The molecule has 0 saturated heterocycles. The SMILES string of the molecule is COc1cc(CNCC2(CCO)CC2)cc(OC)c1O. The van der Waals surface area contributed by atoms with Gasteiger partial charge in [0.25, 0.3) is 0 Å². The zero-order valence-corrected chi connectivity index (χ0v) is 12.1. The Labute approximate surface area is 119 Å². The minimum atomic E-state index is 0.0256. The average molecular weight is 281 g/mol. The van der Waals surface area contributed by atoms with Gasteiger partial charge in [-0.05, 0) is 42.4 Å². The molecule has 1 fully saturated rings. The minimum Gasteiger partial charge on any atom is -0.502 e. The molecule has 0 radical (unpaired) electrons. The van der Waals surface area contributed by atoms with Crippen molar-refractivity contribution in [1.29, 1.82) is 0 Å². The average Bonchev–Trinajstić information content (AvgIpc) is 3.20. The third-order valence-corrected chi connectivity index (χ3v) is 3.97. The van der Waals surface area contributed by atoms with E-state index in [1.807, 2.05) is 0 Å². The molecule has 0 amide bonds. The second kappa shape index (κ2) is 6.33. The molecule has 0 aliphatic heterocycles. The van der Waals surface area contributed by atoms with Crippen LogP contribution in [0, 0.1) is 5.41 Å². The normalized spacial score (nSPS) is 15.9. The van der Waals surface area contributed by atoms with E-state index >= 15 is 0 Å². The zero-order chi connectivity index (χ0) is 14.6. The lowest BCUT2D eigenvalue weighted by Gasteiger charge is -2.16. The number of hydrogen-bond donors (Lipinski definition) is 3. The number of rotatable bonds is 8. The number of aliphatic hydroxyl groups excluding tert-OH is 1. The van der Waals surface area contributed by atoms with Crippen LogP contribution in [-0.4, -0.2) is 37.6 Å². The molecule has 1 aromatic rings. The lowest BCUT2D eigenvalue weighted by Crippen LogP contribution is -2.24. The summed E-state index contributed by atoms with van der Waals surface area (Å²) in [4.78, 5) is 0. The summed E-state index contributed by atoms with van der Waals surface area (Å²) < 4.78 is 10.3. The van der Waals surface area contributed by atoms with Gasteiger partial charge >= 0.3 is 0 Å². The Morgan fingerprint density at radius 2 is 1.80 bits per heavy atom. The highest BCUT2D eigenvalue weighted by Crippen LogP contribution is 2.48. The summed E-state index contributed by atoms with van der Waals surface area (Å²) in [6.45, 7) is 1.84. The largest absolute Gasteiger partial charge is 0.502 e. The Bertz CT molecular complexity index is 432. The number of hydrogen-bond acceptors (Lipinski definition) is 5. The van der Waals surface area contributed by atoms with Crippen molar-refractivity contribution in [2.75, 3.05) is 27.4 Å². The van der Waals surface area contributed by atoms with E-state index in [1.54, 1.807) is 12.1 Å². The van der Waals surface area contributed by atoms with E-state index < -0.39 is 0 Å². The fourth-order valence-electron chi connectivity index (χ4n) is 2.45. The molecule has 0 atom stereocenters. The lowest BCUT2D eigenvalue weighted by molar-refractivity contribution is 0.245. The van der Waals surface area contributed by atoms with Crippen molar-refractivity contribution < 1.29 is 19.7 Å². The molecule has 0 aromatic heterocycles. The van der Waals surface area contributed by atoms with Gasteiger partial charge in [0.2, 0.25) is 5.75 Å². The van der Waals surface area contributed by atoms with Crippen LogP contribution in [0.4, 0.5) is 0 Å². The van der Waals surface area contributed by atoms with Crippen LogP contribution in [0.5, 0.6) is 17.2 Å². The lowest BCUT2D eigenvalue weighted by atomic mass is 10.0. The molecule has 0 spiro atoms. The highest BCUT2D eigenvalue weighted by molar-refractivity contribution is 5.52. The van der Waals surface area contributed by atoms with E-state index in [9.17, 15) is 5.11 Å². The number of phenolic OH excluding ortho intramolecular Hbond substituents is 1. The zero-order valence-electron chi connectivity index (χ0n) is 12.1. The van der Waals surface area contributed by atoms with E-state index in [2.05, 4.69) is 5.32 Å². The molecular formula is C15H23NO4. The molecule has 0 bridgehead atoms. The maximum Gasteiger partial charge on any atom is 0.200 e. The van der Waals surface area contributed by atoms with Crippen LogP contribution in [0.25, 0.3) is 0 Å². The summed E-state index contributed by atoms with van der Waals surface area (Å²) in [5.41, 5.74) is 1.29. The molecule has 1 aliphatic rings. The van der Waals surface area contributed by atoms with Crippen LogP contribution in [0.2, 0.25) is 0 Å². The van der Waals surface area contributed by atoms with Crippen molar-refractivity contribution in [3.05, 3.63) is 17.7 Å². The summed E-state index contributed by atoms with van der Waals surface area (Å²) in [6.07, 6.45) is 3.23. The highest BCUT2D eigenvalue weighted by atomic mass is 16.5. The van der Waals surface area contributed by atoms with E-state index in [0.717, 1.165) is 18.5 Å². The number of aliphatic hydroxyl groups is 1. The van der Waals surface area contributed by atoms with Gasteiger partial charge in [0.1, 0.15) is 0 Å². The monoisotopic (exact) mass is 281 g/mol.